The highest BCUT2D eigenvalue weighted by molar-refractivity contribution is 8.32. The molecule has 0 aliphatic rings. The number of hydrogen-bond donors (Lipinski definition) is 0. The standard InChI is InChI=1S/C20H42O2S/c1-11-18(3,4)16-20(7,19(5,6)12-2)17(21)22-14-13-15-23(8,9)10/h11-16H2,1-10H3. The monoisotopic (exact) mass is 346 g/mol. The molecule has 0 aromatic rings. The quantitative estimate of drug-likeness (QED) is 0.364. The van der Waals surface area contributed by atoms with Gasteiger partial charge in [-0.15, -0.1) is 0 Å². The average Bonchev–Trinajstić information content (AvgIpc) is 2.41. The summed E-state index contributed by atoms with van der Waals surface area (Å²) in [4.78, 5) is 13.0. The minimum absolute atomic E-state index is 0.00483. The van der Waals surface area contributed by atoms with Crippen LogP contribution in [0.4, 0.5) is 0 Å². The normalized spacial score (nSPS) is 16.8. The minimum Gasteiger partial charge on any atom is -0.465 e. The molecule has 0 heterocycles. The third-order valence-electron chi connectivity index (χ3n) is 5.75. The van der Waals surface area contributed by atoms with Crippen LogP contribution in [0.3, 0.4) is 0 Å². The zero-order chi connectivity index (χ0) is 18.5. The average molecular weight is 347 g/mol. The van der Waals surface area contributed by atoms with Crippen LogP contribution < -0.4 is 0 Å². The zero-order valence-corrected chi connectivity index (χ0v) is 18.3. The molecular weight excluding hydrogens is 304 g/mol. The van der Waals surface area contributed by atoms with Gasteiger partial charge in [0, 0.05) is 0 Å². The van der Waals surface area contributed by atoms with E-state index in [0.29, 0.717) is 6.61 Å². The van der Waals surface area contributed by atoms with Crippen molar-refractivity contribution in [3.05, 3.63) is 0 Å². The van der Waals surface area contributed by atoms with Crippen molar-refractivity contribution in [1.82, 2.24) is 0 Å². The molecule has 0 amide bonds. The maximum absolute atomic E-state index is 13.0. The van der Waals surface area contributed by atoms with Crippen LogP contribution in [-0.4, -0.2) is 37.1 Å². The molecule has 0 N–H and O–H groups in total. The van der Waals surface area contributed by atoms with Crippen LogP contribution >= 0.6 is 10.0 Å². The molecule has 3 heteroatoms. The van der Waals surface area contributed by atoms with Crippen molar-refractivity contribution in [2.24, 2.45) is 16.2 Å². The first kappa shape index (κ1) is 22.8. The van der Waals surface area contributed by atoms with Crippen LogP contribution in [0.15, 0.2) is 0 Å². The maximum atomic E-state index is 13.0. The molecule has 0 aliphatic heterocycles. The van der Waals surface area contributed by atoms with E-state index in [1.807, 2.05) is 0 Å². The third kappa shape index (κ3) is 7.07. The molecule has 0 aromatic carbocycles. The van der Waals surface area contributed by atoms with Gasteiger partial charge in [0.25, 0.3) is 0 Å². The summed E-state index contributed by atoms with van der Waals surface area (Å²) in [7, 11) is -0.515. The highest BCUT2D eigenvalue weighted by Gasteiger charge is 2.49. The molecule has 23 heavy (non-hydrogen) atoms. The van der Waals surface area contributed by atoms with Gasteiger partial charge in [0.15, 0.2) is 0 Å². The van der Waals surface area contributed by atoms with Gasteiger partial charge >= 0.3 is 5.97 Å². The van der Waals surface area contributed by atoms with Crippen LogP contribution in [0.25, 0.3) is 0 Å². The summed E-state index contributed by atoms with van der Waals surface area (Å²) >= 11 is 0. The van der Waals surface area contributed by atoms with Crippen molar-refractivity contribution in [1.29, 1.82) is 0 Å². The van der Waals surface area contributed by atoms with E-state index in [1.165, 1.54) is 0 Å². The summed E-state index contributed by atoms with van der Waals surface area (Å²) in [5.74, 6) is 1.16. The Balaban J connectivity index is 5.04. The molecule has 0 fully saturated rings. The molecule has 0 aromatic heterocycles. The van der Waals surface area contributed by atoms with E-state index in [4.69, 9.17) is 4.74 Å². The SMILES string of the molecule is CCC(C)(C)CC(C)(C(=O)OCCCS(C)(C)C)C(C)(C)CC. The number of rotatable bonds is 10. The van der Waals surface area contributed by atoms with Crippen molar-refractivity contribution < 1.29 is 9.53 Å². The first-order valence-corrected chi connectivity index (χ1v) is 12.1. The lowest BCUT2D eigenvalue weighted by Gasteiger charge is -2.45. The van der Waals surface area contributed by atoms with Crippen molar-refractivity contribution in [2.45, 2.75) is 74.1 Å². The molecule has 0 spiro atoms. The molecule has 2 nitrogen and oxygen atoms in total. The summed E-state index contributed by atoms with van der Waals surface area (Å²) in [6.45, 7) is 16.0. The number of esters is 1. The second-order valence-electron chi connectivity index (χ2n) is 9.55. The van der Waals surface area contributed by atoms with E-state index in [-0.39, 0.29) is 16.8 Å². The fourth-order valence-corrected chi connectivity index (χ4v) is 3.86. The molecule has 0 aliphatic carbocycles. The Morgan fingerprint density at radius 1 is 0.957 bits per heavy atom. The number of carbonyl (C=O) groups is 1. The Morgan fingerprint density at radius 3 is 1.87 bits per heavy atom. The van der Waals surface area contributed by atoms with E-state index in [0.717, 1.165) is 31.4 Å². The predicted octanol–water partition coefficient (Wildman–Crippen LogP) is 5.88. The summed E-state index contributed by atoms with van der Waals surface area (Å²) in [6, 6.07) is 0. The summed E-state index contributed by atoms with van der Waals surface area (Å²) in [6.07, 6.45) is 10.8. The Hall–Kier alpha value is -0.180. The van der Waals surface area contributed by atoms with Crippen LogP contribution in [0.2, 0.25) is 0 Å². The van der Waals surface area contributed by atoms with Gasteiger partial charge in [0.1, 0.15) is 0 Å². The van der Waals surface area contributed by atoms with Gasteiger partial charge in [0.05, 0.1) is 12.0 Å². The zero-order valence-electron chi connectivity index (χ0n) is 17.5. The lowest BCUT2D eigenvalue weighted by Crippen LogP contribution is -2.46. The minimum atomic E-state index is -0.515. The Morgan fingerprint density at radius 2 is 1.48 bits per heavy atom. The van der Waals surface area contributed by atoms with Crippen molar-refractivity contribution in [3.8, 4) is 0 Å². The molecule has 0 saturated heterocycles. The van der Waals surface area contributed by atoms with Gasteiger partial charge < -0.3 is 4.74 Å². The van der Waals surface area contributed by atoms with Crippen LogP contribution in [0.5, 0.6) is 0 Å². The highest BCUT2D eigenvalue weighted by Crippen LogP contribution is 2.50. The smallest absolute Gasteiger partial charge is 0.312 e. The largest absolute Gasteiger partial charge is 0.465 e. The van der Waals surface area contributed by atoms with Crippen molar-refractivity contribution in [3.63, 3.8) is 0 Å². The van der Waals surface area contributed by atoms with Gasteiger partial charge in [-0.3, -0.25) is 4.79 Å². The molecule has 0 radical (unpaired) electrons. The first-order valence-electron chi connectivity index (χ1n) is 9.04. The summed E-state index contributed by atoms with van der Waals surface area (Å²) < 4.78 is 5.76. The lowest BCUT2D eigenvalue weighted by atomic mass is 9.58. The van der Waals surface area contributed by atoms with E-state index >= 15 is 0 Å². The molecule has 1 atom stereocenters. The number of hydrogen-bond acceptors (Lipinski definition) is 2. The van der Waals surface area contributed by atoms with Gasteiger partial charge in [-0.1, -0.05) is 48.0 Å². The van der Waals surface area contributed by atoms with Gasteiger partial charge in [-0.25, -0.2) is 10.0 Å². The molecule has 1 unspecified atom stereocenters. The van der Waals surface area contributed by atoms with E-state index in [2.05, 4.69) is 67.2 Å². The molecule has 0 bridgehead atoms. The van der Waals surface area contributed by atoms with E-state index in [1.54, 1.807) is 0 Å². The predicted molar refractivity (Wildman–Crippen MR) is 107 cm³/mol. The van der Waals surface area contributed by atoms with E-state index in [9.17, 15) is 4.79 Å². The Kier molecular flexibility index (Phi) is 8.20. The van der Waals surface area contributed by atoms with Crippen molar-refractivity contribution in [2.75, 3.05) is 31.1 Å². The fraction of sp³-hybridized carbons (Fsp3) is 0.950. The summed E-state index contributed by atoms with van der Waals surface area (Å²) in [5.41, 5.74) is -0.350. The second kappa shape index (κ2) is 8.27. The van der Waals surface area contributed by atoms with Gasteiger partial charge in [-0.05, 0) is 61.5 Å². The lowest BCUT2D eigenvalue weighted by molar-refractivity contribution is -0.166. The number of carbonyl (C=O) groups excluding carboxylic acids is 1. The topological polar surface area (TPSA) is 26.3 Å². The van der Waals surface area contributed by atoms with Crippen LogP contribution in [-0.2, 0) is 9.53 Å². The Labute approximate surface area is 147 Å². The van der Waals surface area contributed by atoms with E-state index < -0.39 is 15.4 Å². The maximum Gasteiger partial charge on any atom is 0.312 e. The number of ether oxygens (including phenoxy) is 1. The highest BCUT2D eigenvalue weighted by atomic mass is 32.3. The first-order chi connectivity index (χ1) is 10.2. The van der Waals surface area contributed by atoms with Gasteiger partial charge in [0.2, 0.25) is 0 Å². The molecule has 0 saturated carbocycles. The molecule has 0 rings (SSSR count). The third-order valence-corrected chi connectivity index (χ3v) is 7.26. The van der Waals surface area contributed by atoms with Crippen LogP contribution in [0, 0.1) is 16.2 Å². The van der Waals surface area contributed by atoms with Crippen molar-refractivity contribution >= 4 is 16.0 Å². The fourth-order valence-electron chi connectivity index (χ4n) is 2.88. The Bertz CT molecular complexity index is 380. The summed E-state index contributed by atoms with van der Waals surface area (Å²) in [5, 5.41) is 0. The van der Waals surface area contributed by atoms with Crippen LogP contribution in [0.1, 0.15) is 74.1 Å². The molecular formula is C20H42O2S. The molecule has 140 valence electrons. The van der Waals surface area contributed by atoms with Gasteiger partial charge in [-0.2, -0.15) is 0 Å². The second-order valence-corrected chi connectivity index (χ2v) is 14.1.